The van der Waals surface area contributed by atoms with Crippen LogP contribution in [0.5, 0.6) is 0 Å². The monoisotopic (exact) mass is 243 g/mol. The van der Waals surface area contributed by atoms with Gasteiger partial charge in [0.15, 0.2) is 0 Å². The van der Waals surface area contributed by atoms with Crippen LogP contribution in [0.25, 0.3) is 0 Å². The Morgan fingerprint density at radius 1 is 1.35 bits per heavy atom. The predicted molar refractivity (Wildman–Crippen MR) is 62.6 cm³/mol. The van der Waals surface area contributed by atoms with Crippen LogP contribution in [0.15, 0.2) is 0 Å². The smallest absolute Gasteiger partial charge is 0.320 e. The quantitative estimate of drug-likeness (QED) is 0.685. The van der Waals surface area contributed by atoms with Crippen LogP contribution in [-0.2, 0) is 14.3 Å². The molecule has 0 amide bonds. The van der Waals surface area contributed by atoms with Gasteiger partial charge in [-0.15, -0.1) is 0 Å². The summed E-state index contributed by atoms with van der Waals surface area (Å²) in [4.78, 5) is 22.3. The van der Waals surface area contributed by atoms with Crippen LogP contribution >= 0.6 is 0 Å². The number of nitrogens with one attached hydrogen (secondary N) is 1. The Morgan fingerprint density at radius 3 is 2.53 bits per heavy atom. The largest absolute Gasteiger partial charge is 0.480 e. The molecule has 0 aromatic rings. The number of rotatable bonds is 6. The van der Waals surface area contributed by atoms with Gasteiger partial charge >= 0.3 is 11.9 Å². The molecule has 0 unspecified atom stereocenters. The van der Waals surface area contributed by atoms with Crippen molar-refractivity contribution in [1.82, 2.24) is 5.32 Å². The Labute approximate surface area is 102 Å². The summed E-state index contributed by atoms with van der Waals surface area (Å²) in [5.74, 6) is -1.13. The topological polar surface area (TPSA) is 75.6 Å². The lowest BCUT2D eigenvalue weighted by molar-refractivity contribution is -0.144. The highest BCUT2D eigenvalue weighted by Gasteiger charge is 2.29. The molecule has 1 saturated carbocycles. The van der Waals surface area contributed by atoms with Crippen LogP contribution in [0.1, 0.15) is 39.0 Å². The molecule has 17 heavy (non-hydrogen) atoms. The lowest BCUT2D eigenvalue weighted by Gasteiger charge is -2.27. The zero-order valence-corrected chi connectivity index (χ0v) is 10.3. The lowest BCUT2D eigenvalue weighted by atomic mass is 9.84. The molecule has 0 radical (unpaired) electrons. The second-order valence-corrected chi connectivity index (χ2v) is 4.40. The highest BCUT2D eigenvalue weighted by Crippen LogP contribution is 2.26. The van der Waals surface area contributed by atoms with Crippen LogP contribution in [0.4, 0.5) is 0 Å². The summed E-state index contributed by atoms with van der Waals surface area (Å²) in [5, 5.41) is 12.0. The van der Waals surface area contributed by atoms with Gasteiger partial charge in [0.2, 0.25) is 0 Å². The minimum Gasteiger partial charge on any atom is -0.480 e. The SMILES string of the molecule is CCOC(=O)CN[C@@H](C(=O)O)C1CCCCC1. The summed E-state index contributed by atoms with van der Waals surface area (Å²) >= 11 is 0. The molecule has 0 saturated heterocycles. The lowest BCUT2D eigenvalue weighted by Crippen LogP contribution is -2.45. The van der Waals surface area contributed by atoms with Gasteiger partial charge in [0.1, 0.15) is 6.04 Å². The van der Waals surface area contributed by atoms with E-state index < -0.39 is 18.0 Å². The van der Waals surface area contributed by atoms with Crippen LogP contribution < -0.4 is 5.32 Å². The van der Waals surface area contributed by atoms with Crippen molar-refractivity contribution in [3.8, 4) is 0 Å². The van der Waals surface area contributed by atoms with E-state index in [4.69, 9.17) is 9.84 Å². The van der Waals surface area contributed by atoms with Gasteiger partial charge in [0, 0.05) is 0 Å². The molecule has 1 atom stereocenters. The fourth-order valence-electron chi connectivity index (χ4n) is 2.33. The summed E-state index contributed by atoms with van der Waals surface area (Å²) in [5.41, 5.74) is 0. The summed E-state index contributed by atoms with van der Waals surface area (Å²) in [6.07, 6.45) is 5.19. The first-order valence-corrected chi connectivity index (χ1v) is 6.27. The molecular weight excluding hydrogens is 222 g/mol. The maximum Gasteiger partial charge on any atom is 0.320 e. The molecule has 5 heteroatoms. The fraction of sp³-hybridized carbons (Fsp3) is 0.833. The van der Waals surface area contributed by atoms with E-state index in [1.165, 1.54) is 6.42 Å². The molecule has 0 aromatic carbocycles. The average molecular weight is 243 g/mol. The van der Waals surface area contributed by atoms with Gasteiger partial charge in [-0.3, -0.25) is 14.9 Å². The maximum absolute atomic E-state index is 11.2. The number of ether oxygens (including phenoxy) is 1. The van der Waals surface area contributed by atoms with Gasteiger partial charge in [-0.1, -0.05) is 19.3 Å². The summed E-state index contributed by atoms with van der Waals surface area (Å²) in [6.45, 7) is 2.02. The number of carbonyl (C=O) groups excluding carboxylic acids is 1. The summed E-state index contributed by atoms with van der Waals surface area (Å²) < 4.78 is 4.76. The molecule has 5 nitrogen and oxygen atoms in total. The number of hydrogen-bond acceptors (Lipinski definition) is 4. The minimum absolute atomic E-state index is 0.0265. The van der Waals surface area contributed by atoms with E-state index in [1.807, 2.05) is 0 Å². The zero-order chi connectivity index (χ0) is 12.7. The Bertz CT molecular complexity index is 261. The molecule has 1 rings (SSSR count). The third-order valence-electron chi connectivity index (χ3n) is 3.16. The first-order valence-electron chi connectivity index (χ1n) is 6.27. The zero-order valence-electron chi connectivity index (χ0n) is 10.3. The molecule has 0 aromatic heterocycles. The van der Waals surface area contributed by atoms with E-state index in [-0.39, 0.29) is 12.5 Å². The van der Waals surface area contributed by atoms with Crippen molar-refractivity contribution in [2.45, 2.75) is 45.1 Å². The van der Waals surface area contributed by atoms with Crippen LogP contribution in [0.3, 0.4) is 0 Å². The number of carbonyl (C=O) groups is 2. The second-order valence-electron chi connectivity index (χ2n) is 4.40. The van der Waals surface area contributed by atoms with Crippen LogP contribution in [0, 0.1) is 5.92 Å². The van der Waals surface area contributed by atoms with Crippen molar-refractivity contribution in [2.75, 3.05) is 13.2 Å². The molecule has 0 heterocycles. The third kappa shape index (κ3) is 4.73. The molecule has 0 spiro atoms. The van der Waals surface area contributed by atoms with Gasteiger partial charge in [-0.2, -0.15) is 0 Å². The van der Waals surface area contributed by atoms with Gasteiger partial charge in [-0.05, 0) is 25.7 Å². The Balaban J connectivity index is 2.42. The van der Waals surface area contributed by atoms with Gasteiger partial charge in [0.25, 0.3) is 0 Å². The standard InChI is InChI=1S/C12H21NO4/c1-2-17-10(14)8-13-11(12(15)16)9-6-4-3-5-7-9/h9,11,13H,2-8H2,1H3,(H,15,16)/t11-/m1/s1. The second kappa shape index (κ2) is 7.27. The van der Waals surface area contributed by atoms with Crippen molar-refractivity contribution in [1.29, 1.82) is 0 Å². The highest BCUT2D eigenvalue weighted by atomic mass is 16.5. The van der Waals surface area contributed by atoms with Crippen molar-refractivity contribution in [3.05, 3.63) is 0 Å². The van der Waals surface area contributed by atoms with E-state index in [0.717, 1.165) is 25.7 Å². The maximum atomic E-state index is 11.2. The van der Waals surface area contributed by atoms with Gasteiger partial charge in [0.05, 0.1) is 13.2 Å². The Kier molecular flexibility index (Phi) is 5.97. The number of aliphatic carboxylic acids is 1. The number of esters is 1. The molecule has 1 aliphatic rings. The van der Waals surface area contributed by atoms with Gasteiger partial charge in [-0.25, -0.2) is 0 Å². The highest BCUT2D eigenvalue weighted by molar-refractivity contribution is 5.76. The van der Waals surface area contributed by atoms with E-state index in [0.29, 0.717) is 6.61 Å². The van der Waals surface area contributed by atoms with Crippen molar-refractivity contribution in [2.24, 2.45) is 5.92 Å². The van der Waals surface area contributed by atoms with Crippen molar-refractivity contribution < 1.29 is 19.4 Å². The molecule has 1 fully saturated rings. The molecular formula is C12H21NO4. The van der Waals surface area contributed by atoms with Crippen molar-refractivity contribution in [3.63, 3.8) is 0 Å². The van der Waals surface area contributed by atoms with E-state index in [2.05, 4.69) is 5.32 Å². The molecule has 2 N–H and O–H groups in total. The van der Waals surface area contributed by atoms with E-state index in [1.54, 1.807) is 6.92 Å². The van der Waals surface area contributed by atoms with Crippen molar-refractivity contribution >= 4 is 11.9 Å². The predicted octanol–water partition coefficient (Wildman–Crippen LogP) is 1.17. The summed E-state index contributed by atoms with van der Waals surface area (Å²) in [6, 6.07) is -0.625. The number of carboxylic acids is 1. The normalized spacial score (nSPS) is 18.6. The Morgan fingerprint density at radius 2 is 2.00 bits per heavy atom. The number of hydrogen-bond donors (Lipinski definition) is 2. The minimum atomic E-state index is -0.874. The fourth-order valence-corrected chi connectivity index (χ4v) is 2.33. The first-order chi connectivity index (χ1) is 8.15. The molecule has 0 bridgehead atoms. The van der Waals surface area contributed by atoms with Gasteiger partial charge < -0.3 is 9.84 Å². The van der Waals surface area contributed by atoms with E-state index in [9.17, 15) is 9.59 Å². The Hall–Kier alpha value is -1.10. The van der Waals surface area contributed by atoms with Crippen LogP contribution in [-0.4, -0.2) is 36.2 Å². The number of carboxylic acid groups (broad SMARTS) is 1. The third-order valence-corrected chi connectivity index (χ3v) is 3.16. The first kappa shape index (κ1) is 14.0. The summed E-state index contributed by atoms with van der Waals surface area (Å²) in [7, 11) is 0. The molecule has 1 aliphatic carbocycles. The van der Waals surface area contributed by atoms with Crippen LogP contribution in [0.2, 0.25) is 0 Å². The molecule has 0 aliphatic heterocycles. The van der Waals surface area contributed by atoms with E-state index >= 15 is 0 Å². The molecule has 98 valence electrons. The average Bonchev–Trinajstić information content (AvgIpc) is 2.30.